The summed E-state index contributed by atoms with van der Waals surface area (Å²) in [4.78, 5) is 15.2. The van der Waals surface area contributed by atoms with Gasteiger partial charge in [0.2, 0.25) is 0 Å². The fourth-order valence-corrected chi connectivity index (χ4v) is 4.21. The van der Waals surface area contributed by atoms with Crippen LogP contribution in [0.2, 0.25) is 0 Å². The van der Waals surface area contributed by atoms with E-state index in [0.717, 1.165) is 24.0 Å². The molecule has 1 atom stereocenters. The second-order valence-corrected chi connectivity index (χ2v) is 8.75. The summed E-state index contributed by atoms with van der Waals surface area (Å²) in [5.41, 5.74) is 3.32. The van der Waals surface area contributed by atoms with Crippen LogP contribution in [0, 0.1) is 5.92 Å². The number of phenols is 1. The molecular formula is C26H31N3O4. The van der Waals surface area contributed by atoms with Crippen molar-refractivity contribution in [3.05, 3.63) is 59.3 Å². The lowest BCUT2D eigenvalue weighted by molar-refractivity contribution is 0.0741. The van der Waals surface area contributed by atoms with E-state index < -0.39 is 0 Å². The minimum absolute atomic E-state index is 0.0864. The molecule has 7 nitrogen and oxygen atoms in total. The van der Waals surface area contributed by atoms with Crippen molar-refractivity contribution in [3.8, 4) is 28.5 Å². The van der Waals surface area contributed by atoms with Gasteiger partial charge in [-0.2, -0.15) is 5.10 Å². The smallest absolute Gasteiger partial charge is 0.273 e. The van der Waals surface area contributed by atoms with Crippen molar-refractivity contribution in [2.75, 3.05) is 20.3 Å². The van der Waals surface area contributed by atoms with Gasteiger partial charge in [-0.25, -0.2) is 0 Å². The van der Waals surface area contributed by atoms with E-state index in [1.807, 2.05) is 35.2 Å². The average Bonchev–Trinajstić information content (AvgIpc) is 3.35. The third-order valence-electron chi connectivity index (χ3n) is 5.85. The molecule has 0 aliphatic carbocycles. The topological polar surface area (TPSA) is 87.7 Å². The van der Waals surface area contributed by atoms with Crippen LogP contribution in [0.3, 0.4) is 0 Å². The molecule has 0 bridgehead atoms. The van der Waals surface area contributed by atoms with Crippen molar-refractivity contribution in [1.82, 2.24) is 15.1 Å². The van der Waals surface area contributed by atoms with Gasteiger partial charge in [-0.05, 0) is 42.2 Å². The van der Waals surface area contributed by atoms with E-state index in [1.165, 1.54) is 0 Å². The first kappa shape index (κ1) is 22.7. The van der Waals surface area contributed by atoms with Crippen molar-refractivity contribution < 1.29 is 19.4 Å². The van der Waals surface area contributed by atoms with E-state index in [2.05, 4.69) is 31.0 Å². The molecule has 1 amide bonds. The van der Waals surface area contributed by atoms with Gasteiger partial charge >= 0.3 is 0 Å². The molecule has 0 saturated heterocycles. The first-order valence-electron chi connectivity index (χ1n) is 11.4. The lowest BCUT2D eigenvalue weighted by Crippen LogP contribution is -2.30. The van der Waals surface area contributed by atoms with Gasteiger partial charge in [-0.1, -0.05) is 45.4 Å². The number of methoxy groups -OCH3 is 1. The number of carbonyl (C=O) groups is 1. The summed E-state index contributed by atoms with van der Waals surface area (Å²) in [6.07, 6.45) is 1.86. The number of para-hydroxylation sites is 1. The third kappa shape index (κ3) is 4.27. The summed E-state index contributed by atoms with van der Waals surface area (Å²) in [6, 6.07) is 12.5. The summed E-state index contributed by atoms with van der Waals surface area (Å²) in [5.74, 6) is 1.72. The van der Waals surface area contributed by atoms with Crippen molar-refractivity contribution >= 4 is 5.91 Å². The monoisotopic (exact) mass is 449 g/mol. The van der Waals surface area contributed by atoms with Crippen LogP contribution in [0.25, 0.3) is 11.3 Å². The summed E-state index contributed by atoms with van der Waals surface area (Å²) in [5, 5.41) is 17.8. The Morgan fingerprint density at radius 2 is 1.97 bits per heavy atom. The maximum absolute atomic E-state index is 13.4. The molecule has 0 unspecified atom stereocenters. The zero-order valence-electron chi connectivity index (χ0n) is 19.6. The largest absolute Gasteiger partial charge is 0.507 e. The number of ether oxygens (including phenoxy) is 2. The lowest BCUT2D eigenvalue weighted by atomic mass is 9.95. The van der Waals surface area contributed by atoms with E-state index in [0.29, 0.717) is 47.5 Å². The van der Waals surface area contributed by atoms with Crippen LogP contribution in [0.4, 0.5) is 0 Å². The van der Waals surface area contributed by atoms with Crippen molar-refractivity contribution in [2.24, 2.45) is 5.92 Å². The Labute approximate surface area is 194 Å². The molecule has 33 heavy (non-hydrogen) atoms. The highest BCUT2D eigenvalue weighted by molar-refractivity contribution is 6.00. The SMILES string of the molecule is CCCCN1C(=O)c2[nH]nc(-c3ccccc3O)c2[C@H]1c1ccc(OCC(C)C)c(OC)c1. The maximum atomic E-state index is 13.4. The molecule has 2 aromatic carbocycles. The molecule has 1 aromatic heterocycles. The van der Waals surface area contributed by atoms with Crippen molar-refractivity contribution in [1.29, 1.82) is 0 Å². The fourth-order valence-electron chi connectivity index (χ4n) is 4.21. The highest BCUT2D eigenvalue weighted by Crippen LogP contribution is 2.45. The molecule has 0 spiro atoms. The summed E-state index contributed by atoms with van der Waals surface area (Å²) in [7, 11) is 1.62. The van der Waals surface area contributed by atoms with Gasteiger partial charge in [0.05, 0.1) is 19.8 Å². The number of carbonyl (C=O) groups excluding carboxylic acids is 1. The first-order valence-corrected chi connectivity index (χ1v) is 11.4. The Morgan fingerprint density at radius 1 is 1.18 bits per heavy atom. The highest BCUT2D eigenvalue weighted by Gasteiger charge is 2.42. The Kier molecular flexibility index (Phi) is 6.58. The van der Waals surface area contributed by atoms with Crippen LogP contribution < -0.4 is 9.47 Å². The molecule has 4 rings (SSSR count). The number of aromatic nitrogens is 2. The van der Waals surface area contributed by atoms with Crippen LogP contribution in [0.1, 0.15) is 61.3 Å². The van der Waals surface area contributed by atoms with E-state index in [-0.39, 0.29) is 17.7 Å². The minimum Gasteiger partial charge on any atom is -0.507 e. The summed E-state index contributed by atoms with van der Waals surface area (Å²) in [6.45, 7) is 7.50. The number of phenolic OH excluding ortho intramolecular Hbond substituents is 1. The first-order chi connectivity index (χ1) is 16.0. The van der Waals surface area contributed by atoms with Gasteiger partial charge in [-0.3, -0.25) is 9.89 Å². The van der Waals surface area contributed by atoms with Gasteiger partial charge in [0.25, 0.3) is 5.91 Å². The van der Waals surface area contributed by atoms with Crippen LogP contribution in [0.5, 0.6) is 17.2 Å². The molecule has 1 aliphatic heterocycles. The predicted octanol–water partition coefficient (Wildman–Crippen LogP) is 5.17. The number of nitrogens with one attached hydrogen (secondary N) is 1. The van der Waals surface area contributed by atoms with Crippen LogP contribution in [-0.2, 0) is 0 Å². The lowest BCUT2D eigenvalue weighted by Gasteiger charge is -2.27. The Morgan fingerprint density at radius 3 is 2.67 bits per heavy atom. The number of fused-ring (bicyclic) bond motifs is 1. The van der Waals surface area contributed by atoms with Gasteiger partial charge < -0.3 is 19.5 Å². The summed E-state index contributed by atoms with van der Waals surface area (Å²) >= 11 is 0. The number of benzene rings is 2. The molecule has 1 aliphatic rings. The standard InChI is InChI=1S/C26H31N3O4/c1-5-6-13-29-25(17-11-12-20(21(14-17)32-4)33-15-16(2)3)22-23(27-28-24(22)26(29)31)18-9-7-8-10-19(18)30/h7-12,14,16,25,30H,5-6,13,15H2,1-4H3,(H,27,28)/t25-/m1/s1. The van der Waals surface area contributed by atoms with E-state index in [9.17, 15) is 9.90 Å². The predicted molar refractivity (Wildman–Crippen MR) is 127 cm³/mol. The molecule has 2 heterocycles. The van der Waals surface area contributed by atoms with E-state index in [1.54, 1.807) is 19.2 Å². The van der Waals surface area contributed by atoms with Crippen molar-refractivity contribution in [3.63, 3.8) is 0 Å². The molecule has 0 saturated carbocycles. The number of H-pyrrole nitrogens is 1. The number of rotatable bonds is 9. The van der Waals surface area contributed by atoms with E-state index >= 15 is 0 Å². The van der Waals surface area contributed by atoms with Crippen LogP contribution in [-0.4, -0.2) is 46.4 Å². The molecule has 0 radical (unpaired) electrons. The fraction of sp³-hybridized carbons (Fsp3) is 0.385. The number of unbranched alkanes of at least 4 members (excludes halogenated alkanes) is 1. The van der Waals surface area contributed by atoms with Gasteiger partial charge in [-0.15, -0.1) is 0 Å². The number of nitrogens with zero attached hydrogens (tertiary/aromatic N) is 2. The zero-order chi connectivity index (χ0) is 23.5. The minimum atomic E-state index is -0.347. The number of aromatic amines is 1. The quantitative estimate of drug-likeness (QED) is 0.470. The Balaban J connectivity index is 1.82. The third-order valence-corrected chi connectivity index (χ3v) is 5.85. The number of hydrogen-bond acceptors (Lipinski definition) is 5. The second kappa shape index (κ2) is 9.57. The Bertz CT molecular complexity index is 1140. The normalized spacial score (nSPS) is 15.2. The number of hydrogen-bond donors (Lipinski definition) is 2. The van der Waals surface area contributed by atoms with Gasteiger partial charge in [0.1, 0.15) is 17.1 Å². The average molecular weight is 450 g/mol. The van der Waals surface area contributed by atoms with Crippen LogP contribution in [0.15, 0.2) is 42.5 Å². The highest BCUT2D eigenvalue weighted by atomic mass is 16.5. The summed E-state index contributed by atoms with van der Waals surface area (Å²) < 4.78 is 11.6. The zero-order valence-corrected chi connectivity index (χ0v) is 19.6. The molecule has 174 valence electrons. The van der Waals surface area contributed by atoms with E-state index in [4.69, 9.17) is 9.47 Å². The molecule has 3 aromatic rings. The molecular weight excluding hydrogens is 418 g/mol. The molecule has 2 N–H and O–H groups in total. The van der Waals surface area contributed by atoms with Crippen LogP contribution >= 0.6 is 0 Å². The van der Waals surface area contributed by atoms with Gasteiger partial charge in [0.15, 0.2) is 11.5 Å². The van der Waals surface area contributed by atoms with Gasteiger partial charge in [0, 0.05) is 17.7 Å². The second-order valence-electron chi connectivity index (χ2n) is 8.75. The number of aromatic hydroxyl groups is 1. The maximum Gasteiger partial charge on any atom is 0.273 e. The molecule has 7 heteroatoms. The van der Waals surface area contributed by atoms with Crippen molar-refractivity contribution in [2.45, 2.75) is 39.7 Å². The number of amides is 1. The molecule has 0 fully saturated rings. The Hall–Kier alpha value is -3.48.